The van der Waals surface area contributed by atoms with Crippen LogP contribution in [0.4, 0.5) is 5.69 Å². The van der Waals surface area contributed by atoms with Gasteiger partial charge in [-0.15, -0.1) is 5.10 Å². The summed E-state index contributed by atoms with van der Waals surface area (Å²) in [7, 11) is 0. The Balaban J connectivity index is 1.33. The first-order valence-electron chi connectivity index (χ1n) is 10.8. The second-order valence-electron chi connectivity index (χ2n) is 8.28. The van der Waals surface area contributed by atoms with E-state index in [1.54, 1.807) is 18.6 Å². The highest BCUT2D eigenvalue weighted by atomic mass is 16.2. The van der Waals surface area contributed by atoms with Crippen LogP contribution in [0, 0.1) is 6.92 Å². The molecule has 0 spiro atoms. The molecule has 4 heterocycles. The molecule has 5 rings (SSSR count). The first-order chi connectivity index (χ1) is 16.8. The van der Waals surface area contributed by atoms with E-state index in [1.807, 2.05) is 13.0 Å². The minimum atomic E-state index is -1.09. The molecule has 0 radical (unpaired) electrons. The Labute approximate surface area is 198 Å². The summed E-state index contributed by atoms with van der Waals surface area (Å²) >= 11 is 0. The van der Waals surface area contributed by atoms with Crippen LogP contribution in [0.5, 0.6) is 0 Å². The molecule has 1 aromatic carbocycles. The third-order valence-electron chi connectivity index (χ3n) is 5.76. The van der Waals surface area contributed by atoms with Gasteiger partial charge in [-0.2, -0.15) is 0 Å². The minimum absolute atomic E-state index is 0.000615. The molecule has 0 aliphatic carbocycles. The third kappa shape index (κ3) is 4.05. The van der Waals surface area contributed by atoms with E-state index in [0.717, 1.165) is 16.0 Å². The number of imide groups is 2. The second kappa shape index (κ2) is 8.56. The average Bonchev–Trinajstić information content (AvgIpc) is 3.37. The van der Waals surface area contributed by atoms with Gasteiger partial charge in [0.25, 0.3) is 11.8 Å². The van der Waals surface area contributed by atoms with Crippen molar-refractivity contribution in [1.29, 1.82) is 0 Å². The number of nitrogens with one attached hydrogen (secondary N) is 2. The number of hydrogen-bond acceptors (Lipinski definition) is 8. The van der Waals surface area contributed by atoms with E-state index >= 15 is 0 Å². The Morgan fingerprint density at radius 2 is 2.00 bits per heavy atom. The molecule has 1 atom stereocenters. The number of rotatable bonds is 5. The van der Waals surface area contributed by atoms with Crippen LogP contribution in [-0.4, -0.2) is 60.5 Å². The number of carbonyl (C=O) groups is 5. The van der Waals surface area contributed by atoms with Gasteiger partial charge >= 0.3 is 0 Å². The smallest absolute Gasteiger partial charge is 0.264 e. The molecule has 176 valence electrons. The van der Waals surface area contributed by atoms with E-state index in [9.17, 15) is 24.0 Å². The summed E-state index contributed by atoms with van der Waals surface area (Å²) in [6, 6.07) is 5.29. The minimum Gasteiger partial charge on any atom is -0.324 e. The number of aryl methyl sites for hydroxylation is 1. The van der Waals surface area contributed by atoms with Crippen LogP contribution in [0.25, 0.3) is 11.3 Å². The second-order valence-corrected chi connectivity index (χ2v) is 8.28. The number of nitrogens with zero attached hydrogens (tertiary/aromatic N) is 5. The average molecular weight is 473 g/mol. The van der Waals surface area contributed by atoms with Gasteiger partial charge in [0.05, 0.1) is 23.0 Å². The summed E-state index contributed by atoms with van der Waals surface area (Å²) in [5, 5.41) is 12.8. The highest BCUT2D eigenvalue weighted by Crippen LogP contribution is 2.32. The van der Waals surface area contributed by atoms with Crippen molar-refractivity contribution < 1.29 is 24.0 Å². The van der Waals surface area contributed by atoms with E-state index in [4.69, 9.17) is 0 Å². The van der Waals surface area contributed by atoms with Crippen molar-refractivity contribution in [3.63, 3.8) is 0 Å². The summed E-state index contributed by atoms with van der Waals surface area (Å²) < 4.78 is 1.35. The summed E-state index contributed by atoms with van der Waals surface area (Å²) in [6.45, 7) is 1.72. The molecular formula is C23H19N7O5. The molecule has 12 nitrogen and oxygen atoms in total. The Morgan fingerprint density at radius 1 is 1.17 bits per heavy atom. The number of benzene rings is 1. The molecule has 3 aromatic rings. The first-order valence-corrected chi connectivity index (χ1v) is 10.8. The van der Waals surface area contributed by atoms with Crippen LogP contribution >= 0.6 is 0 Å². The number of aromatic nitrogens is 4. The van der Waals surface area contributed by atoms with Crippen molar-refractivity contribution in [2.45, 2.75) is 32.4 Å². The maximum absolute atomic E-state index is 13.1. The maximum atomic E-state index is 13.1. The Hall–Kier alpha value is -4.74. The normalized spacial score (nSPS) is 17.4. The van der Waals surface area contributed by atoms with Gasteiger partial charge < -0.3 is 5.32 Å². The van der Waals surface area contributed by atoms with Crippen LogP contribution in [0.1, 0.15) is 39.1 Å². The highest BCUT2D eigenvalue weighted by Gasteiger charge is 2.45. The topological polar surface area (TPSA) is 156 Å². The Kier molecular flexibility index (Phi) is 5.40. The van der Waals surface area contributed by atoms with E-state index in [2.05, 4.69) is 25.9 Å². The Bertz CT molecular complexity index is 1410. The lowest BCUT2D eigenvalue weighted by molar-refractivity contribution is -0.136. The predicted octanol–water partition coefficient (Wildman–Crippen LogP) is 0.688. The molecule has 1 fully saturated rings. The van der Waals surface area contributed by atoms with Crippen LogP contribution in [0.15, 0.2) is 42.9 Å². The quantitative estimate of drug-likeness (QED) is 0.513. The van der Waals surface area contributed by atoms with Crippen molar-refractivity contribution in [2.75, 3.05) is 5.32 Å². The van der Waals surface area contributed by atoms with Crippen LogP contribution < -0.4 is 10.6 Å². The van der Waals surface area contributed by atoms with Crippen molar-refractivity contribution in [1.82, 2.24) is 30.2 Å². The van der Waals surface area contributed by atoms with Crippen molar-refractivity contribution in [3.8, 4) is 11.3 Å². The monoisotopic (exact) mass is 473 g/mol. The lowest BCUT2D eigenvalue weighted by atomic mass is 10.0. The van der Waals surface area contributed by atoms with Crippen molar-refractivity contribution in [2.24, 2.45) is 0 Å². The molecule has 2 aromatic heterocycles. The lowest BCUT2D eigenvalue weighted by Gasteiger charge is -2.27. The zero-order valence-corrected chi connectivity index (χ0v) is 18.5. The molecule has 2 aliphatic rings. The van der Waals surface area contributed by atoms with Gasteiger partial charge in [-0.1, -0.05) is 11.3 Å². The number of fused-ring (bicyclic) bond motifs is 1. The SMILES string of the molecule is Cc1cncc(-c2cn(CC(=O)Nc3cccc4c3C(=O)N(C3CCC(=O)NC3=O)C4=O)nn2)c1. The van der Waals surface area contributed by atoms with Gasteiger partial charge in [-0.25, -0.2) is 4.68 Å². The molecule has 1 unspecified atom stereocenters. The number of pyridine rings is 1. The number of amides is 5. The summed E-state index contributed by atoms with van der Waals surface area (Å²) in [4.78, 5) is 67.5. The van der Waals surface area contributed by atoms with E-state index in [1.165, 1.54) is 22.9 Å². The molecule has 2 N–H and O–H groups in total. The fourth-order valence-electron chi connectivity index (χ4n) is 4.16. The maximum Gasteiger partial charge on any atom is 0.264 e. The van der Waals surface area contributed by atoms with Gasteiger partial charge in [0.1, 0.15) is 18.3 Å². The third-order valence-corrected chi connectivity index (χ3v) is 5.76. The molecule has 12 heteroatoms. The van der Waals surface area contributed by atoms with Crippen molar-refractivity contribution in [3.05, 3.63) is 59.5 Å². The molecular weight excluding hydrogens is 454 g/mol. The fourth-order valence-corrected chi connectivity index (χ4v) is 4.16. The van der Waals surface area contributed by atoms with Gasteiger partial charge in [0.2, 0.25) is 17.7 Å². The van der Waals surface area contributed by atoms with E-state index in [0.29, 0.717) is 5.69 Å². The fraction of sp³-hybridized carbons (Fsp3) is 0.217. The van der Waals surface area contributed by atoms with Gasteiger partial charge in [-0.05, 0) is 37.1 Å². The molecule has 1 saturated heterocycles. The van der Waals surface area contributed by atoms with E-state index in [-0.39, 0.29) is 36.2 Å². The zero-order chi connectivity index (χ0) is 24.7. The molecule has 0 saturated carbocycles. The van der Waals surface area contributed by atoms with Crippen LogP contribution in [0.2, 0.25) is 0 Å². The Morgan fingerprint density at radius 3 is 2.77 bits per heavy atom. The lowest BCUT2D eigenvalue weighted by Crippen LogP contribution is -2.54. The standard InChI is InChI=1S/C23H19N7O5/c1-12-7-13(9-24-8-12)16-10-29(28-27-16)11-19(32)25-15-4-2-3-14-20(15)23(35)30(22(14)34)17-5-6-18(31)26-21(17)33/h2-4,7-10,17H,5-6,11H2,1H3,(H,25,32)(H,26,31,33). The largest absolute Gasteiger partial charge is 0.324 e. The first kappa shape index (κ1) is 22.1. The van der Waals surface area contributed by atoms with E-state index < -0.39 is 35.6 Å². The van der Waals surface area contributed by atoms with Crippen molar-refractivity contribution >= 4 is 35.2 Å². The molecule has 0 bridgehead atoms. The van der Waals surface area contributed by atoms with Crippen LogP contribution in [-0.2, 0) is 20.9 Å². The zero-order valence-electron chi connectivity index (χ0n) is 18.5. The molecule has 5 amide bonds. The molecule has 2 aliphatic heterocycles. The number of hydrogen-bond donors (Lipinski definition) is 2. The highest BCUT2D eigenvalue weighted by molar-refractivity contribution is 6.26. The van der Waals surface area contributed by atoms with Gasteiger partial charge in [0.15, 0.2) is 0 Å². The summed E-state index contributed by atoms with van der Waals surface area (Å²) in [5.74, 6) is -3.00. The number of anilines is 1. The molecule has 35 heavy (non-hydrogen) atoms. The summed E-state index contributed by atoms with van der Waals surface area (Å²) in [5.41, 5.74) is 2.49. The summed E-state index contributed by atoms with van der Waals surface area (Å²) in [6.07, 6.45) is 5.03. The number of piperidine rings is 1. The predicted molar refractivity (Wildman–Crippen MR) is 120 cm³/mol. The number of carbonyl (C=O) groups excluding carboxylic acids is 5. The van der Waals surface area contributed by atoms with Gasteiger partial charge in [0, 0.05) is 24.4 Å². The van der Waals surface area contributed by atoms with Gasteiger partial charge in [-0.3, -0.25) is 39.2 Å². The van der Waals surface area contributed by atoms with Crippen LogP contribution in [0.3, 0.4) is 0 Å².